The number of nitrogens with zero attached hydrogens (tertiary/aromatic N) is 2. The first-order valence-corrected chi connectivity index (χ1v) is 5.71. The van der Waals surface area contributed by atoms with Crippen molar-refractivity contribution in [1.29, 1.82) is 0 Å². The normalized spacial score (nSPS) is 13.7. The maximum absolute atomic E-state index is 12.1. The number of furan rings is 1. The maximum atomic E-state index is 12.1. The van der Waals surface area contributed by atoms with Crippen LogP contribution in [-0.2, 0) is 6.54 Å². The van der Waals surface area contributed by atoms with Crippen LogP contribution >= 0.6 is 0 Å². The lowest BCUT2D eigenvalue weighted by Gasteiger charge is -2.10. The predicted molar refractivity (Wildman–Crippen MR) is 64.1 cm³/mol. The lowest BCUT2D eigenvalue weighted by atomic mass is 10.2. The van der Waals surface area contributed by atoms with E-state index in [-0.39, 0.29) is 29.3 Å². The zero-order valence-electron chi connectivity index (χ0n) is 10.1. The van der Waals surface area contributed by atoms with Gasteiger partial charge in [-0.1, -0.05) is 0 Å². The van der Waals surface area contributed by atoms with Gasteiger partial charge < -0.3 is 9.52 Å². The molecule has 3 heterocycles. The van der Waals surface area contributed by atoms with Crippen molar-refractivity contribution < 1.29 is 23.9 Å². The minimum absolute atomic E-state index is 0.0996. The topological polar surface area (TPSA) is 101 Å². The summed E-state index contributed by atoms with van der Waals surface area (Å²) >= 11 is 0. The van der Waals surface area contributed by atoms with Gasteiger partial charge in [0.25, 0.3) is 11.8 Å². The summed E-state index contributed by atoms with van der Waals surface area (Å²) in [5.41, 5.74) is 0.338. The Morgan fingerprint density at radius 3 is 2.70 bits per heavy atom. The van der Waals surface area contributed by atoms with Gasteiger partial charge in [0.05, 0.1) is 12.1 Å². The third-order valence-electron chi connectivity index (χ3n) is 2.92. The molecular formula is C13H8N2O5. The first-order chi connectivity index (χ1) is 9.58. The van der Waals surface area contributed by atoms with Crippen molar-refractivity contribution in [1.82, 2.24) is 9.88 Å². The van der Waals surface area contributed by atoms with E-state index in [2.05, 4.69) is 4.98 Å². The molecule has 0 unspecified atom stereocenters. The number of aromatic carboxylic acids is 1. The first kappa shape index (κ1) is 12.1. The summed E-state index contributed by atoms with van der Waals surface area (Å²) in [6.45, 7) is -0.124. The predicted octanol–water partition coefficient (Wildman–Crippen LogP) is 1.17. The molecule has 0 saturated carbocycles. The molecule has 0 saturated heterocycles. The molecule has 1 aliphatic rings. The van der Waals surface area contributed by atoms with Gasteiger partial charge >= 0.3 is 5.97 Å². The average Bonchev–Trinajstić information content (AvgIpc) is 3.00. The molecule has 0 radical (unpaired) electrons. The summed E-state index contributed by atoms with van der Waals surface area (Å²) in [4.78, 5) is 39.7. The van der Waals surface area contributed by atoms with E-state index in [9.17, 15) is 14.4 Å². The number of aromatic nitrogens is 1. The molecule has 0 atom stereocenters. The van der Waals surface area contributed by atoms with Crippen LogP contribution in [-0.4, -0.2) is 32.8 Å². The Hall–Kier alpha value is -2.96. The van der Waals surface area contributed by atoms with Gasteiger partial charge in [0.2, 0.25) is 5.76 Å². The van der Waals surface area contributed by atoms with Crippen LogP contribution in [0.4, 0.5) is 0 Å². The van der Waals surface area contributed by atoms with E-state index < -0.39 is 17.8 Å². The summed E-state index contributed by atoms with van der Waals surface area (Å²) in [6, 6.07) is 5.78. The van der Waals surface area contributed by atoms with Crippen LogP contribution in [0, 0.1) is 0 Å². The van der Waals surface area contributed by atoms with Crippen LogP contribution < -0.4 is 0 Å². The zero-order valence-corrected chi connectivity index (χ0v) is 10.1. The molecule has 0 aliphatic carbocycles. The second-order valence-corrected chi connectivity index (χ2v) is 4.17. The van der Waals surface area contributed by atoms with Crippen LogP contribution in [0.25, 0.3) is 0 Å². The molecule has 0 aromatic carbocycles. The van der Waals surface area contributed by atoms with Crippen LogP contribution in [0.1, 0.15) is 37.2 Å². The summed E-state index contributed by atoms with van der Waals surface area (Å²) in [7, 11) is 0. The van der Waals surface area contributed by atoms with Gasteiger partial charge in [-0.25, -0.2) is 4.79 Å². The van der Waals surface area contributed by atoms with Gasteiger partial charge in [-0.2, -0.15) is 0 Å². The largest absolute Gasteiger partial charge is 0.475 e. The lowest BCUT2D eigenvalue weighted by Crippen LogP contribution is -2.29. The molecule has 0 bridgehead atoms. The SMILES string of the molecule is O=C(O)c1ccc(CN2C(=O)c3cccnc3C2=O)o1. The van der Waals surface area contributed by atoms with E-state index in [1.807, 2.05) is 0 Å². The van der Waals surface area contributed by atoms with Crippen molar-refractivity contribution in [3.8, 4) is 0 Å². The average molecular weight is 272 g/mol. The van der Waals surface area contributed by atoms with Gasteiger partial charge in [0, 0.05) is 6.20 Å². The standard InChI is InChI=1S/C13H8N2O5/c16-11-8-2-1-5-14-10(8)12(17)15(11)6-7-3-4-9(20-7)13(18)19/h1-5H,6H2,(H,18,19). The third kappa shape index (κ3) is 1.76. The van der Waals surface area contributed by atoms with Gasteiger partial charge in [-0.15, -0.1) is 0 Å². The van der Waals surface area contributed by atoms with E-state index >= 15 is 0 Å². The molecule has 7 heteroatoms. The summed E-state index contributed by atoms with van der Waals surface area (Å²) < 4.78 is 5.04. The van der Waals surface area contributed by atoms with Crippen LogP contribution in [0.2, 0.25) is 0 Å². The Morgan fingerprint density at radius 2 is 2.05 bits per heavy atom. The molecule has 20 heavy (non-hydrogen) atoms. The molecule has 100 valence electrons. The first-order valence-electron chi connectivity index (χ1n) is 5.71. The molecule has 2 aromatic heterocycles. The second kappa shape index (κ2) is 4.30. The van der Waals surface area contributed by atoms with Gasteiger partial charge in [0.1, 0.15) is 11.5 Å². The molecular weight excluding hydrogens is 264 g/mol. The number of pyridine rings is 1. The van der Waals surface area contributed by atoms with E-state index in [4.69, 9.17) is 9.52 Å². The van der Waals surface area contributed by atoms with Crippen molar-refractivity contribution in [3.05, 3.63) is 53.2 Å². The molecule has 0 fully saturated rings. The highest BCUT2D eigenvalue weighted by atomic mass is 16.4. The minimum atomic E-state index is -1.21. The number of imide groups is 1. The van der Waals surface area contributed by atoms with Crippen molar-refractivity contribution in [2.75, 3.05) is 0 Å². The zero-order chi connectivity index (χ0) is 14.3. The van der Waals surface area contributed by atoms with Gasteiger partial charge in [-0.3, -0.25) is 19.5 Å². The van der Waals surface area contributed by atoms with E-state index in [1.54, 1.807) is 6.07 Å². The number of hydrogen-bond donors (Lipinski definition) is 1. The number of fused-ring (bicyclic) bond motifs is 1. The van der Waals surface area contributed by atoms with Crippen LogP contribution in [0.5, 0.6) is 0 Å². The summed E-state index contributed by atoms with van der Waals surface area (Å²) in [6.07, 6.45) is 1.43. The number of rotatable bonds is 3. The highest BCUT2D eigenvalue weighted by Crippen LogP contribution is 2.23. The molecule has 7 nitrogen and oxygen atoms in total. The second-order valence-electron chi connectivity index (χ2n) is 4.17. The highest BCUT2D eigenvalue weighted by molar-refractivity contribution is 6.20. The van der Waals surface area contributed by atoms with Crippen LogP contribution in [0.15, 0.2) is 34.9 Å². The van der Waals surface area contributed by atoms with Crippen molar-refractivity contribution in [2.45, 2.75) is 6.54 Å². The van der Waals surface area contributed by atoms with Crippen molar-refractivity contribution >= 4 is 17.8 Å². The number of carbonyl (C=O) groups is 3. The fourth-order valence-corrected chi connectivity index (χ4v) is 1.99. The Kier molecular flexibility index (Phi) is 2.60. The number of carboxylic acids is 1. The number of carboxylic acid groups (broad SMARTS) is 1. The number of hydrogen-bond acceptors (Lipinski definition) is 5. The van der Waals surface area contributed by atoms with E-state index in [0.29, 0.717) is 0 Å². The quantitative estimate of drug-likeness (QED) is 0.841. The molecule has 2 aromatic rings. The molecule has 0 spiro atoms. The van der Waals surface area contributed by atoms with Gasteiger partial charge in [-0.05, 0) is 24.3 Å². The Bertz CT molecular complexity index is 699. The highest BCUT2D eigenvalue weighted by Gasteiger charge is 2.37. The van der Waals surface area contributed by atoms with Crippen molar-refractivity contribution in [3.63, 3.8) is 0 Å². The molecule has 2 amide bonds. The van der Waals surface area contributed by atoms with E-state index in [0.717, 1.165) is 4.90 Å². The molecule has 1 aliphatic heterocycles. The lowest BCUT2D eigenvalue weighted by molar-refractivity contribution is 0.0626. The van der Waals surface area contributed by atoms with Crippen molar-refractivity contribution in [2.24, 2.45) is 0 Å². The fraction of sp³-hybridized carbons (Fsp3) is 0.0769. The Morgan fingerprint density at radius 1 is 1.25 bits per heavy atom. The van der Waals surface area contributed by atoms with Crippen LogP contribution in [0.3, 0.4) is 0 Å². The monoisotopic (exact) mass is 272 g/mol. The van der Waals surface area contributed by atoms with Gasteiger partial charge in [0.15, 0.2) is 0 Å². The maximum Gasteiger partial charge on any atom is 0.371 e. The van der Waals surface area contributed by atoms with E-state index in [1.165, 1.54) is 24.4 Å². The summed E-state index contributed by atoms with van der Waals surface area (Å²) in [5, 5.41) is 8.75. The molecule has 3 rings (SSSR count). The summed E-state index contributed by atoms with van der Waals surface area (Å²) in [5.74, 6) is -2.21. The number of amides is 2. The number of carbonyl (C=O) groups excluding carboxylic acids is 2. The Balaban J connectivity index is 1.87. The minimum Gasteiger partial charge on any atom is -0.475 e. The third-order valence-corrected chi connectivity index (χ3v) is 2.92. The molecule has 1 N–H and O–H groups in total. The smallest absolute Gasteiger partial charge is 0.371 e. The Labute approximate surface area is 112 Å². The fourth-order valence-electron chi connectivity index (χ4n) is 1.99.